The first-order valence-corrected chi connectivity index (χ1v) is 13.9. The van der Waals surface area contributed by atoms with Gasteiger partial charge in [0.1, 0.15) is 11.6 Å². The number of piperazine rings is 1. The Bertz CT molecular complexity index is 1290. The van der Waals surface area contributed by atoms with Crippen LogP contribution in [0, 0.1) is 18.7 Å². The molecule has 0 spiro atoms. The van der Waals surface area contributed by atoms with E-state index in [1.54, 1.807) is 6.07 Å². The van der Waals surface area contributed by atoms with E-state index in [0.717, 1.165) is 60.9 Å². The van der Waals surface area contributed by atoms with E-state index in [4.69, 9.17) is 37.1 Å². The molecule has 1 aromatic carbocycles. The molecule has 2 fully saturated rings. The first-order valence-electron chi connectivity index (χ1n) is 13.5. The summed E-state index contributed by atoms with van der Waals surface area (Å²) in [5.74, 6) is 7.76. The molecule has 0 saturated carbocycles. The molecule has 4 atom stereocenters. The minimum absolute atomic E-state index is 0.104. The number of fused-ring (bicyclic) bond motifs is 1. The number of hydrogen-bond donors (Lipinski definition) is 2. The van der Waals surface area contributed by atoms with Gasteiger partial charge in [-0.05, 0) is 57.2 Å². The van der Waals surface area contributed by atoms with Crippen LogP contribution < -0.4 is 16.2 Å². The Morgan fingerprint density at radius 3 is 2.63 bits per heavy atom. The van der Waals surface area contributed by atoms with Crippen LogP contribution in [0.25, 0.3) is 11.2 Å². The summed E-state index contributed by atoms with van der Waals surface area (Å²) in [5.41, 5.74) is 5.22. The van der Waals surface area contributed by atoms with Crippen molar-refractivity contribution in [3.8, 4) is 0 Å². The van der Waals surface area contributed by atoms with Crippen molar-refractivity contribution in [3.05, 3.63) is 40.4 Å². The highest BCUT2D eigenvalue weighted by molar-refractivity contribution is 6.30. The van der Waals surface area contributed by atoms with Crippen molar-refractivity contribution in [2.24, 2.45) is 11.8 Å². The van der Waals surface area contributed by atoms with Crippen molar-refractivity contribution in [1.29, 1.82) is 0 Å². The maximum absolute atomic E-state index is 13.9. The Hall–Kier alpha value is -2.53. The minimum atomic E-state index is -0.393. The third-order valence-corrected chi connectivity index (χ3v) is 8.18. The lowest BCUT2D eigenvalue weighted by Crippen LogP contribution is -2.58. The summed E-state index contributed by atoms with van der Waals surface area (Å²) in [5, 5.41) is 0.159. The Morgan fingerprint density at radius 2 is 1.97 bits per heavy atom. The monoisotopic (exact) mass is 544 g/mol. The standard InChI is InChI=1S/C27H38ClFN8O/c1-15(2)24(19-8-9-22(29)21(28)11-19)35-12-17(4)36(13-16(35)3)25-23-26(33-27(32-25)34-30)37(18(5)31-23)14-20-7-6-10-38-20/h8-9,11,15-17,20,24H,6-7,10,12-14,30H2,1-5H3,(H,32,33,34)/t16-,17+,20+,24?/m1/s1. The predicted molar refractivity (Wildman–Crippen MR) is 149 cm³/mol. The third-order valence-electron chi connectivity index (χ3n) is 7.89. The number of ether oxygens (including phenoxy) is 1. The first-order chi connectivity index (χ1) is 18.2. The third kappa shape index (κ3) is 5.06. The fourth-order valence-electron chi connectivity index (χ4n) is 6.06. The van der Waals surface area contributed by atoms with Crippen molar-refractivity contribution in [1.82, 2.24) is 24.4 Å². The molecule has 2 aliphatic rings. The van der Waals surface area contributed by atoms with Crippen molar-refractivity contribution in [3.63, 3.8) is 0 Å². The summed E-state index contributed by atoms with van der Waals surface area (Å²) in [4.78, 5) is 19.2. The van der Waals surface area contributed by atoms with Gasteiger partial charge in [-0.15, -0.1) is 0 Å². The van der Waals surface area contributed by atoms with Gasteiger partial charge in [0.2, 0.25) is 5.95 Å². The quantitative estimate of drug-likeness (QED) is 0.327. The molecule has 2 saturated heterocycles. The van der Waals surface area contributed by atoms with Crippen molar-refractivity contribution in [2.75, 3.05) is 30.0 Å². The zero-order valence-electron chi connectivity index (χ0n) is 22.8. The number of halogens is 2. The molecule has 11 heteroatoms. The van der Waals surface area contributed by atoms with Gasteiger partial charge in [-0.2, -0.15) is 9.97 Å². The molecule has 0 bridgehead atoms. The molecule has 2 aliphatic heterocycles. The number of rotatable bonds is 7. The lowest BCUT2D eigenvalue weighted by molar-refractivity contribution is 0.0821. The minimum Gasteiger partial charge on any atom is -0.376 e. The number of anilines is 2. The SMILES string of the molecule is Cc1nc2c(N3C[C@@H](C)N(C(c4ccc(F)c(Cl)c4)C(C)C)C[C@@H]3C)nc(NN)nc2n1C[C@@H]1CCCO1. The number of nitrogen functional groups attached to an aromatic ring is 1. The number of hydrogen-bond acceptors (Lipinski definition) is 8. The van der Waals surface area contributed by atoms with Crippen LogP contribution in [-0.2, 0) is 11.3 Å². The van der Waals surface area contributed by atoms with E-state index >= 15 is 0 Å². The molecule has 2 aromatic heterocycles. The average Bonchev–Trinajstić information content (AvgIpc) is 3.50. The molecule has 9 nitrogen and oxygen atoms in total. The van der Waals surface area contributed by atoms with Gasteiger partial charge in [0.25, 0.3) is 0 Å². The van der Waals surface area contributed by atoms with Crippen LogP contribution in [0.1, 0.15) is 58.0 Å². The van der Waals surface area contributed by atoms with Crippen molar-refractivity contribution in [2.45, 2.75) is 78.2 Å². The topological polar surface area (TPSA) is 97.4 Å². The molecule has 1 unspecified atom stereocenters. The van der Waals surface area contributed by atoms with E-state index in [9.17, 15) is 4.39 Å². The molecule has 206 valence electrons. The molecule has 0 amide bonds. The highest BCUT2D eigenvalue weighted by Crippen LogP contribution is 2.37. The van der Waals surface area contributed by atoms with Crippen LogP contribution >= 0.6 is 11.6 Å². The van der Waals surface area contributed by atoms with E-state index in [2.05, 4.69) is 47.5 Å². The van der Waals surface area contributed by atoms with Gasteiger partial charge < -0.3 is 14.2 Å². The molecular weight excluding hydrogens is 507 g/mol. The van der Waals surface area contributed by atoms with E-state index in [1.807, 2.05) is 13.0 Å². The number of imidazole rings is 1. The van der Waals surface area contributed by atoms with Crippen LogP contribution in [0.3, 0.4) is 0 Å². The summed E-state index contributed by atoms with van der Waals surface area (Å²) in [6.07, 6.45) is 2.27. The lowest BCUT2D eigenvalue weighted by Gasteiger charge is -2.49. The number of nitrogens with one attached hydrogen (secondary N) is 1. The molecule has 38 heavy (non-hydrogen) atoms. The van der Waals surface area contributed by atoms with Gasteiger partial charge in [0, 0.05) is 37.8 Å². The zero-order valence-corrected chi connectivity index (χ0v) is 23.5. The van der Waals surface area contributed by atoms with E-state index < -0.39 is 5.82 Å². The Balaban J connectivity index is 1.47. The van der Waals surface area contributed by atoms with Crippen LogP contribution in [0.2, 0.25) is 5.02 Å². The fraction of sp³-hybridized carbons (Fsp3) is 0.593. The summed E-state index contributed by atoms with van der Waals surface area (Å²) >= 11 is 6.17. The molecule has 3 aromatic rings. The predicted octanol–water partition coefficient (Wildman–Crippen LogP) is 4.69. The van der Waals surface area contributed by atoms with Crippen LogP contribution in [0.5, 0.6) is 0 Å². The second-order valence-electron chi connectivity index (χ2n) is 11.0. The Labute approximate surface area is 228 Å². The second-order valence-corrected chi connectivity index (χ2v) is 11.4. The van der Waals surface area contributed by atoms with Crippen LogP contribution in [-0.4, -0.2) is 62.3 Å². The van der Waals surface area contributed by atoms with Gasteiger partial charge in [-0.25, -0.2) is 15.2 Å². The Kier molecular flexibility index (Phi) is 7.77. The average molecular weight is 545 g/mol. The van der Waals surface area contributed by atoms with E-state index in [0.29, 0.717) is 18.4 Å². The van der Waals surface area contributed by atoms with E-state index in [-0.39, 0.29) is 29.3 Å². The number of aryl methyl sites for hydroxylation is 1. The Morgan fingerprint density at radius 1 is 1.18 bits per heavy atom. The van der Waals surface area contributed by atoms with Gasteiger partial charge in [0.05, 0.1) is 17.7 Å². The summed E-state index contributed by atoms with van der Waals surface area (Å²) in [6.45, 7) is 13.9. The molecule has 4 heterocycles. The molecule has 0 aliphatic carbocycles. The van der Waals surface area contributed by atoms with Crippen molar-refractivity contribution >= 4 is 34.5 Å². The molecule has 5 rings (SSSR count). The normalized spacial score (nSPS) is 23.5. The number of nitrogens with two attached hydrogens (primary N) is 1. The second kappa shape index (κ2) is 10.9. The lowest BCUT2D eigenvalue weighted by atomic mass is 9.91. The zero-order chi connectivity index (χ0) is 27.1. The number of aromatic nitrogens is 4. The van der Waals surface area contributed by atoms with Gasteiger partial charge in [0.15, 0.2) is 17.0 Å². The highest BCUT2D eigenvalue weighted by Gasteiger charge is 2.37. The molecular formula is C27H38ClFN8O. The van der Waals surface area contributed by atoms with Gasteiger partial charge in [-0.3, -0.25) is 10.3 Å². The fourth-order valence-corrected chi connectivity index (χ4v) is 6.25. The first kappa shape index (κ1) is 27.1. The number of benzene rings is 1. The van der Waals surface area contributed by atoms with Crippen LogP contribution in [0.15, 0.2) is 18.2 Å². The molecule has 0 radical (unpaired) electrons. The maximum atomic E-state index is 13.9. The highest BCUT2D eigenvalue weighted by atomic mass is 35.5. The summed E-state index contributed by atoms with van der Waals surface area (Å²) in [6, 6.07) is 5.51. The molecule has 3 N–H and O–H groups in total. The van der Waals surface area contributed by atoms with Gasteiger partial charge >= 0.3 is 0 Å². The number of nitrogens with zero attached hydrogens (tertiary/aromatic N) is 6. The smallest absolute Gasteiger partial charge is 0.241 e. The van der Waals surface area contributed by atoms with Crippen LogP contribution in [0.4, 0.5) is 16.2 Å². The van der Waals surface area contributed by atoms with Gasteiger partial charge in [-0.1, -0.05) is 31.5 Å². The van der Waals surface area contributed by atoms with Crippen molar-refractivity contribution < 1.29 is 9.13 Å². The van der Waals surface area contributed by atoms with E-state index in [1.165, 1.54) is 6.07 Å². The summed E-state index contributed by atoms with van der Waals surface area (Å²) < 4.78 is 21.9. The maximum Gasteiger partial charge on any atom is 0.241 e. The number of hydrazine groups is 1. The summed E-state index contributed by atoms with van der Waals surface area (Å²) in [7, 11) is 0. The largest absolute Gasteiger partial charge is 0.376 e.